The fourth-order valence-corrected chi connectivity index (χ4v) is 3.64. The van der Waals surface area contributed by atoms with Crippen LogP contribution in [0.2, 0.25) is 0 Å². The number of thioether (sulfide) groups is 1. The molecule has 0 radical (unpaired) electrons. The van der Waals surface area contributed by atoms with Gasteiger partial charge < -0.3 is 8.94 Å². The third-order valence-corrected chi connectivity index (χ3v) is 5.57. The fourth-order valence-electron chi connectivity index (χ4n) is 2.94. The minimum atomic E-state index is 0.120. The average molecular weight is 421 g/mol. The van der Waals surface area contributed by atoms with Crippen molar-refractivity contribution < 1.29 is 8.94 Å². The molecule has 0 N–H and O–H groups in total. The van der Waals surface area contributed by atoms with Crippen molar-refractivity contribution in [2.45, 2.75) is 44.3 Å². The molecule has 0 saturated carbocycles. The molecular weight excluding hydrogens is 396 g/mol. The maximum Gasteiger partial charge on any atom is 0.276 e. The fraction of sp³-hybridized carbons (Fsp3) is 0.304. The van der Waals surface area contributed by atoms with E-state index in [4.69, 9.17) is 8.94 Å². The molecule has 2 heterocycles. The molecule has 0 fully saturated rings. The summed E-state index contributed by atoms with van der Waals surface area (Å²) in [6.07, 6.45) is 1.58. The van der Waals surface area contributed by atoms with E-state index in [9.17, 15) is 0 Å². The molecule has 154 valence electrons. The minimum Gasteiger partial charge on any atom is -0.411 e. The van der Waals surface area contributed by atoms with Crippen LogP contribution in [0.1, 0.15) is 38.6 Å². The van der Waals surface area contributed by atoms with E-state index < -0.39 is 0 Å². The highest BCUT2D eigenvalue weighted by Crippen LogP contribution is 2.27. The Morgan fingerprint density at radius 2 is 1.67 bits per heavy atom. The van der Waals surface area contributed by atoms with Gasteiger partial charge in [-0.05, 0) is 29.5 Å². The van der Waals surface area contributed by atoms with E-state index in [0.29, 0.717) is 29.2 Å². The van der Waals surface area contributed by atoms with Crippen molar-refractivity contribution in [1.82, 2.24) is 20.3 Å². The lowest BCUT2D eigenvalue weighted by molar-refractivity contribution is 0.378. The SMILES string of the molecule is CC(C)(C)c1ccc(-c2nnc(SCCCc3nc(-c4ccccc4)no3)o2)cc1. The lowest BCUT2D eigenvalue weighted by Gasteiger charge is -2.18. The zero-order chi connectivity index (χ0) is 21.0. The zero-order valence-electron chi connectivity index (χ0n) is 17.3. The molecule has 0 spiro atoms. The highest BCUT2D eigenvalue weighted by molar-refractivity contribution is 7.99. The molecule has 0 bridgehead atoms. The van der Waals surface area contributed by atoms with Crippen molar-refractivity contribution >= 4 is 11.8 Å². The molecule has 2 aromatic heterocycles. The molecule has 0 saturated heterocycles. The Morgan fingerprint density at radius 3 is 2.40 bits per heavy atom. The molecule has 0 aliphatic carbocycles. The second kappa shape index (κ2) is 8.83. The number of hydrogen-bond acceptors (Lipinski definition) is 7. The van der Waals surface area contributed by atoms with Crippen LogP contribution < -0.4 is 0 Å². The first kappa shape index (κ1) is 20.3. The van der Waals surface area contributed by atoms with Crippen molar-refractivity contribution in [1.29, 1.82) is 0 Å². The first-order valence-corrected chi connectivity index (χ1v) is 10.9. The predicted octanol–water partition coefficient (Wildman–Crippen LogP) is 5.81. The van der Waals surface area contributed by atoms with Gasteiger partial charge in [0, 0.05) is 23.3 Å². The molecule has 0 aliphatic rings. The summed E-state index contributed by atoms with van der Waals surface area (Å²) in [5, 5.41) is 12.9. The van der Waals surface area contributed by atoms with Crippen molar-refractivity contribution in [3.63, 3.8) is 0 Å². The van der Waals surface area contributed by atoms with Crippen LogP contribution in [-0.4, -0.2) is 26.1 Å². The normalized spacial score (nSPS) is 11.7. The molecule has 7 heteroatoms. The van der Waals surface area contributed by atoms with Crippen molar-refractivity contribution in [2.24, 2.45) is 0 Å². The van der Waals surface area contributed by atoms with Gasteiger partial charge in [-0.2, -0.15) is 4.98 Å². The summed E-state index contributed by atoms with van der Waals surface area (Å²) in [5.74, 6) is 2.63. The second-order valence-electron chi connectivity index (χ2n) is 8.03. The largest absolute Gasteiger partial charge is 0.411 e. The van der Waals surface area contributed by atoms with Gasteiger partial charge in [-0.25, -0.2) is 0 Å². The molecule has 6 nitrogen and oxygen atoms in total. The number of rotatable bonds is 7. The molecular formula is C23H24N4O2S. The summed E-state index contributed by atoms with van der Waals surface area (Å²) in [4.78, 5) is 4.45. The summed E-state index contributed by atoms with van der Waals surface area (Å²) >= 11 is 1.54. The van der Waals surface area contributed by atoms with Crippen LogP contribution >= 0.6 is 11.8 Å². The van der Waals surface area contributed by atoms with Gasteiger partial charge >= 0.3 is 0 Å². The Labute approximate surface area is 180 Å². The smallest absolute Gasteiger partial charge is 0.276 e. The van der Waals surface area contributed by atoms with E-state index in [1.54, 1.807) is 0 Å². The van der Waals surface area contributed by atoms with Gasteiger partial charge in [-0.3, -0.25) is 0 Å². The van der Waals surface area contributed by atoms with Gasteiger partial charge in [0.25, 0.3) is 5.22 Å². The minimum absolute atomic E-state index is 0.120. The van der Waals surface area contributed by atoms with Gasteiger partial charge in [0.2, 0.25) is 17.6 Å². The van der Waals surface area contributed by atoms with Gasteiger partial charge in [0.1, 0.15) is 0 Å². The second-order valence-corrected chi connectivity index (χ2v) is 9.08. The first-order valence-electron chi connectivity index (χ1n) is 9.94. The third kappa shape index (κ3) is 4.97. The molecule has 2 aromatic carbocycles. The molecule has 0 atom stereocenters. The summed E-state index contributed by atoms with van der Waals surface area (Å²) in [6, 6.07) is 18.1. The molecule has 0 aliphatic heterocycles. The average Bonchev–Trinajstić information content (AvgIpc) is 3.41. The van der Waals surface area contributed by atoms with Crippen molar-refractivity contribution in [3.8, 4) is 22.8 Å². The van der Waals surface area contributed by atoms with Crippen LogP contribution in [0.4, 0.5) is 0 Å². The Kier molecular flexibility index (Phi) is 5.99. The Morgan fingerprint density at radius 1 is 0.900 bits per heavy atom. The van der Waals surface area contributed by atoms with Crippen molar-refractivity contribution in [3.05, 3.63) is 66.1 Å². The maximum absolute atomic E-state index is 5.80. The van der Waals surface area contributed by atoms with Crippen LogP contribution in [-0.2, 0) is 11.8 Å². The highest BCUT2D eigenvalue weighted by atomic mass is 32.2. The Balaban J connectivity index is 1.28. The van der Waals surface area contributed by atoms with Gasteiger partial charge in [0.15, 0.2) is 0 Å². The highest BCUT2D eigenvalue weighted by Gasteiger charge is 2.15. The van der Waals surface area contributed by atoms with E-state index in [-0.39, 0.29) is 5.41 Å². The maximum atomic E-state index is 5.80. The van der Waals surface area contributed by atoms with Gasteiger partial charge in [-0.15, -0.1) is 10.2 Å². The third-order valence-electron chi connectivity index (χ3n) is 4.66. The van der Waals surface area contributed by atoms with E-state index in [2.05, 4.69) is 53.2 Å². The van der Waals surface area contributed by atoms with Gasteiger partial charge in [-0.1, -0.05) is 80.2 Å². The molecule has 0 amide bonds. The molecule has 0 unspecified atom stereocenters. The topological polar surface area (TPSA) is 77.8 Å². The van der Waals surface area contributed by atoms with E-state index >= 15 is 0 Å². The van der Waals surface area contributed by atoms with E-state index in [1.807, 2.05) is 42.5 Å². The van der Waals surface area contributed by atoms with Crippen LogP contribution in [0.25, 0.3) is 22.8 Å². The number of hydrogen-bond donors (Lipinski definition) is 0. The molecule has 4 rings (SSSR count). The number of aryl methyl sites for hydroxylation is 1. The van der Waals surface area contributed by atoms with Crippen LogP contribution in [0.3, 0.4) is 0 Å². The number of nitrogens with zero attached hydrogens (tertiary/aromatic N) is 4. The van der Waals surface area contributed by atoms with E-state index in [1.165, 1.54) is 17.3 Å². The summed E-state index contributed by atoms with van der Waals surface area (Å²) in [7, 11) is 0. The zero-order valence-corrected chi connectivity index (χ0v) is 18.1. The Bertz CT molecular complexity index is 1080. The van der Waals surface area contributed by atoms with E-state index in [0.717, 1.165) is 23.3 Å². The lowest BCUT2D eigenvalue weighted by Crippen LogP contribution is -2.10. The number of aromatic nitrogens is 4. The monoisotopic (exact) mass is 420 g/mol. The Hall–Kier alpha value is -2.93. The predicted molar refractivity (Wildman–Crippen MR) is 117 cm³/mol. The van der Waals surface area contributed by atoms with Crippen LogP contribution in [0, 0.1) is 0 Å². The lowest BCUT2D eigenvalue weighted by atomic mass is 9.87. The first-order chi connectivity index (χ1) is 14.5. The molecule has 30 heavy (non-hydrogen) atoms. The van der Waals surface area contributed by atoms with Crippen LogP contribution in [0.15, 0.2) is 68.8 Å². The molecule has 4 aromatic rings. The van der Waals surface area contributed by atoms with Crippen LogP contribution in [0.5, 0.6) is 0 Å². The standard InChI is InChI=1S/C23H24N4O2S/c1-23(2,3)18-13-11-17(12-14-18)21-25-26-22(28-21)30-15-7-10-19-24-20(27-29-19)16-8-5-4-6-9-16/h4-6,8-9,11-14H,7,10,15H2,1-3H3. The van der Waals surface area contributed by atoms with Crippen molar-refractivity contribution in [2.75, 3.05) is 5.75 Å². The quantitative estimate of drug-likeness (QED) is 0.276. The van der Waals surface area contributed by atoms with Gasteiger partial charge in [0.05, 0.1) is 0 Å². The summed E-state index contributed by atoms with van der Waals surface area (Å²) in [5.41, 5.74) is 3.28. The summed E-state index contributed by atoms with van der Waals surface area (Å²) in [6.45, 7) is 6.58. The number of benzene rings is 2. The summed E-state index contributed by atoms with van der Waals surface area (Å²) < 4.78 is 11.1.